The van der Waals surface area contributed by atoms with E-state index in [-0.39, 0.29) is 17.4 Å². The van der Waals surface area contributed by atoms with Crippen LogP contribution in [0.15, 0.2) is 12.3 Å². The Labute approximate surface area is 116 Å². The predicted octanol–water partition coefficient (Wildman–Crippen LogP) is 0.473. The molecule has 0 aromatic carbocycles. The lowest BCUT2D eigenvalue weighted by Crippen LogP contribution is -2.42. The van der Waals surface area contributed by atoms with Gasteiger partial charge in [0.2, 0.25) is 0 Å². The van der Waals surface area contributed by atoms with Gasteiger partial charge in [0.1, 0.15) is 0 Å². The molecule has 2 unspecified atom stereocenters. The highest BCUT2D eigenvalue weighted by Gasteiger charge is 2.38. The van der Waals surface area contributed by atoms with Gasteiger partial charge in [-0.05, 0) is 31.9 Å². The largest absolute Gasteiger partial charge is 0.348 e. The molecule has 1 amide bonds. The number of nitrogen functional groups attached to an aromatic ring is 1. The molecule has 0 radical (unpaired) electrons. The molecule has 6 nitrogen and oxygen atoms in total. The first-order chi connectivity index (χ1) is 9.70. The number of nitrogens with two attached hydrogens (primary N) is 1. The summed E-state index contributed by atoms with van der Waals surface area (Å²) < 4.78 is 14.0. The summed E-state index contributed by atoms with van der Waals surface area (Å²) >= 11 is 0. The molecule has 2 saturated heterocycles. The third-order valence-corrected chi connectivity index (χ3v) is 4.19. The van der Waals surface area contributed by atoms with Crippen molar-refractivity contribution in [2.24, 2.45) is 5.84 Å². The molecule has 0 saturated carbocycles. The summed E-state index contributed by atoms with van der Waals surface area (Å²) in [5, 5.41) is 2.94. The van der Waals surface area contributed by atoms with Crippen molar-refractivity contribution in [3.63, 3.8) is 0 Å². The van der Waals surface area contributed by atoms with Gasteiger partial charge in [-0.25, -0.2) is 15.2 Å². The lowest BCUT2D eigenvalue weighted by Gasteiger charge is -2.21. The van der Waals surface area contributed by atoms with Gasteiger partial charge in [-0.2, -0.15) is 0 Å². The number of rotatable bonds is 3. The number of hydrogen-bond acceptors (Lipinski definition) is 5. The molecule has 4 N–H and O–H groups in total. The Kier molecular flexibility index (Phi) is 3.54. The summed E-state index contributed by atoms with van der Waals surface area (Å²) in [6.07, 6.45) is 4.55. The van der Waals surface area contributed by atoms with Gasteiger partial charge in [0.15, 0.2) is 11.6 Å². The highest BCUT2D eigenvalue weighted by atomic mass is 19.1. The van der Waals surface area contributed by atoms with Crippen LogP contribution < -0.4 is 16.6 Å². The van der Waals surface area contributed by atoms with Crippen molar-refractivity contribution < 1.29 is 9.18 Å². The van der Waals surface area contributed by atoms with E-state index in [2.05, 4.69) is 20.6 Å². The maximum absolute atomic E-state index is 14.0. The van der Waals surface area contributed by atoms with Crippen LogP contribution in [0.5, 0.6) is 0 Å². The lowest BCUT2D eigenvalue weighted by molar-refractivity contribution is 0.0925. The van der Waals surface area contributed by atoms with Crippen LogP contribution in [0.25, 0.3) is 0 Å². The zero-order valence-corrected chi connectivity index (χ0v) is 11.1. The second-order valence-electron chi connectivity index (χ2n) is 5.28. The van der Waals surface area contributed by atoms with Crippen LogP contribution in [-0.2, 0) is 0 Å². The van der Waals surface area contributed by atoms with Crippen LogP contribution in [-0.4, -0.2) is 41.0 Å². The van der Waals surface area contributed by atoms with Crippen molar-refractivity contribution in [1.82, 2.24) is 15.2 Å². The Bertz CT molecular complexity index is 523. The Morgan fingerprint density at radius 3 is 3.10 bits per heavy atom. The number of halogens is 1. The van der Waals surface area contributed by atoms with Crippen molar-refractivity contribution in [2.75, 3.05) is 18.5 Å². The van der Waals surface area contributed by atoms with Gasteiger partial charge in [0.05, 0.1) is 5.56 Å². The second-order valence-corrected chi connectivity index (χ2v) is 5.28. The molecule has 3 rings (SSSR count). The Hall–Kier alpha value is -1.73. The molecule has 2 fully saturated rings. The minimum absolute atomic E-state index is 0.0237. The zero-order valence-electron chi connectivity index (χ0n) is 11.1. The topological polar surface area (TPSA) is 83.3 Å². The third-order valence-electron chi connectivity index (χ3n) is 4.19. The second kappa shape index (κ2) is 5.34. The number of nitrogens with one attached hydrogen (secondary N) is 2. The molecule has 0 aliphatic carbocycles. The molecule has 7 heteroatoms. The molecule has 2 aliphatic heterocycles. The van der Waals surface area contributed by atoms with Gasteiger partial charge in [0.25, 0.3) is 5.91 Å². The molecule has 2 aliphatic rings. The molecule has 0 bridgehead atoms. The highest BCUT2D eigenvalue weighted by molar-refractivity contribution is 5.95. The molecule has 108 valence electrons. The monoisotopic (exact) mass is 279 g/mol. The van der Waals surface area contributed by atoms with E-state index in [4.69, 9.17) is 5.84 Å². The molecular formula is C13H18FN5O. The summed E-state index contributed by atoms with van der Waals surface area (Å²) in [6.45, 7) is 2.10. The summed E-state index contributed by atoms with van der Waals surface area (Å²) in [5.41, 5.74) is 2.12. The number of fused-ring (bicyclic) bond motifs is 1. The number of amides is 1. The Balaban J connectivity index is 1.73. The molecule has 1 aromatic heterocycles. The number of carbonyl (C=O) groups is 1. The highest BCUT2D eigenvalue weighted by Crippen LogP contribution is 2.28. The van der Waals surface area contributed by atoms with Crippen LogP contribution in [0.4, 0.5) is 10.2 Å². The standard InChI is InChI=1S/C13H18FN5O/c14-11-8(3-5-16-12(11)18-15)13(20)17-9-4-7-19-6-1-2-10(9)19/h3,5,9-10H,1-2,4,6-7,15H2,(H,16,18)(H,17,20). The predicted molar refractivity (Wildman–Crippen MR) is 72.5 cm³/mol. The summed E-state index contributed by atoms with van der Waals surface area (Å²) in [6, 6.07) is 1.87. The van der Waals surface area contributed by atoms with Gasteiger partial charge in [-0.3, -0.25) is 9.69 Å². The lowest BCUT2D eigenvalue weighted by atomic mass is 10.1. The van der Waals surface area contributed by atoms with E-state index >= 15 is 0 Å². The SMILES string of the molecule is NNc1nccc(C(=O)NC2CCN3CCCC23)c1F. The average Bonchev–Trinajstić information content (AvgIpc) is 3.04. The summed E-state index contributed by atoms with van der Waals surface area (Å²) in [7, 11) is 0. The normalized spacial score (nSPS) is 25.5. The van der Waals surface area contributed by atoms with Crippen LogP contribution in [0.1, 0.15) is 29.6 Å². The number of aromatic nitrogens is 1. The van der Waals surface area contributed by atoms with E-state index in [0.29, 0.717) is 6.04 Å². The molecule has 3 heterocycles. The minimum Gasteiger partial charge on any atom is -0.348 e. The van der Waals surface area contributed by atoms with Crippen LogP contribution in [0, 0.1) is 5.82 Å². The minimum atomic E-state index is -0.714. The first-order valence-electron chi connectivity index (χ1n) is 6.86. The van der Waals surface area contributed by atoms with E-state index in [0.717, 1.165) is 25.9 Å². The quantitative estimate of drug-likeness (QED) is 0.553. The molecule has 2 atom stereocenters. The first-order valence-corrected chi connectivity index (χ1v) is 6.86. The van der Waals surface area contributed by atoms with Crippen molar-refractivity contribution in [3.05, 3.63) is 23.6 Å². The molecule has 20 heavy (non-hydrogen) atoms. The fourth-order valence-electron chi connectivity index (χ4n) is 3.22. The first kappa shape index (κ1) is 13.3. The van der Waals surface area contributed by atoms with Crippen molar-refractivity contribution in [2.45, 2.75) is 31.3 Å². The molecule has 1 aromatic rings. The number of pyridine rings is 1. The number of carbonyl (C=O) groups excluding carboxylic acids is 1. The zero-order chi connectivity index (χ0) is 14.1. The van der Waals surface area contributed by atoms with Crippen molar-refractivity contribution >= 4 is 11.7 Å². The van der Waals surface area contributed by atoms with Crippen molar-refractivity contribution in [3.8, 4) is 0 Å². The van der Waals surface area contributed by atoms with E-state index in [9.17, 15) is 9.18 Å². The van der Waals surface area contributed by atoms with E-state index in [1.807, 2.05) is 0 Å². The summed E-state index contributed by atoms with van der Waals surface area (Å²) in [5.74, 6) is 3.93. The van der Waals surface area contributed by atoms with Gasteiger partial charge in [-0.1, -0.05) is 0 Å². The fraction of sp³-hybridized carbons (Fsp3) is 0.538. The number of hydrazine groups is 1. The molecule has 0 spiro atoms. The third kappa shape index (κ3) is 2.23. The Morgan fingerprint density at radius 1 is 1.45 bits per heavy atom. The van der Waals surface area contributed by atoms with E-state index in [1.54, 1.807) is 0 Å². The smallest absolute Gasteiger partial charge is 0.254 e. The van der Waals surface area contributed by atoms with E-state index in [1.165, 1.54) is 18.7 Å². The number of hydrogen-bond donors (Lipinski definition) is 3. The maximum Gasteiger partial charge on any atom is 0.254 e. The Morgan fingerprint density at radius 2 is 2.30 bits per heavy atom. The maximum atomic E-state index is 14.0. The summed E-state index contributed by atoms with van der Waals surface area (Å²) in [4.78, 5) is 18.3. The van der Waals surface area contributed by atoms with Gasteiger partial charge >= 0.3 is 0 Å². The van der Waals surface area contributed by atoms with Gasteiger partial charge < -0.3 is 10.7 Å². The average molecular weight is 279 g/mol. The van der Waals surface area contributed by atoms with Gasteiger partial charge in [-0.15, -0.1) is 0 Å². The van der Waals surface area contributed by atoms with Crippen LogP contribution in [0.3, 0.4) is 0 Å². The molecular weight excluding hydrogens is 261 g/mol. The van der Waals surface area contributed by atoms with Gasteiger partial charge in [0, 0.05) is 24.8 Å². The number of anilines is 1. The number of nitrogens with zero attached hydrogens (tertiary/aromatic N) is 2. The van der Waals surface area contributed by atoms with Crippen LogP contribution >= 0.6 is 0 Å². The van der Waals surface area contributed by atoms with E-state index < -0.39 is 11.7 Å². The fourth-order valence-corrected chi connectivity index (χ4v) is 3.22. The van der Waals surface area contributed by atoms with Crippen molar-refractivity contribution in [1.29, 1.82) is 0 Å². The van der Waals surface area contributed by atoms with Crippen LogP contribution in [0.2, 0.25) is 0 Å².